The van der Waals surface area contributed by atoms with Crippen LogP contribution in [0.15, 0.2) is 36.7 Å². The van der Waals surface area contributed by atoms with E-state index < -0.39 is 0 Å². The lowest BCUT2D eigenvalue weighted by Crippen LogP contribution is -1.94. The Morgan fingerprint density at radius 2 is 0.800 bits per heavy atom. The van der Waals surface area contributed by atoms with Gasteiger partial charge in [-0.05, 0) is 36.8 Å². The number of rotatable bonds is 22. The van der Waals surface area contributed by atoms with E-state index in [0.717, 1.165) is 17.8 Å². The zero-order valence-electron chi connectivity index (χ0n) is 23.2. The second-order valence-corrected chi connectivity index (χ2v) is 10.6. The van der Waals surface area contributed by atoms with Crippen LogP contribution in [0.1, 0.15) is 147 Å². The first-order chi connectivity index (χ1) is 17.3. The number of nitrogens with zero attached hydrogens (tertiary/aromatic N) is 2. The second kappa shape index (κ2) is 20.5. The Balaban J connectivity index is 1.52. The largest absolute Gasteiger partial charge is 0.236 e. The Kier molecular flexibility index (Phi) is 17.3. The first-order valence-electron chi connectivity index (χ1n) is 15.2. The Labute approximate surface area is 217 Å². The minimum absolute atomic E-state index is 0.852. The normalized spacial score (nSPS) is 11.3. The Hall–Kier alpha value is -1.70. The zero-order valence-corrected chi connectivity index (χ0v) is 23.2. The van der Waals surface area contributed by atoms with Gasteiger partial charge in [-0.15, -0.1) is 0 Å². The van der Waals surface area contributed by atoms with Gasteiger partial charge in [0.05, 0.1) is 0 Å². The van der Waals surface area contributed by atoms with Gasteiger partial charge >= 0.3 is 0 Å². The second-order valence-electron chi connectivity index (χ2n) is 10.6. The van der Waals surface area contributed by atoms with E-state index >= 15 is 0 Å². The Morgan fingerprint density at radius 1 is 0.429 bits per heavy atom. The van der Waals surface area contributed by atoms with E-state index in [0.29, 0.717) is 0 Å². The first kappa shape index (κ1) is 29.5. The summed E-state index contributed by atoms with van der Waals surface area (Å²) in [5, 5.41) is 0. The summed E-state index contributed by atoms with van der Waals surface area (Å²) in [6, 6.07) is 8.89. The van der Waals surface area contributed by atoms with Gasteiger partial charge in [-0.25, -0.2) is 9.97 Å². The third-order valence-corrected chi connectivity index (χ3v) is 7.31. The average molecular weight is 479 g/mol. The van der Waals surface area contributed by atoms with Crippen molar-refractivity contribution in [2.45, 2.75) is 149 Å². The summed E-state index contributed by atoms with van der Waals surface area (Å²) in [7, 11) is 0. The van der Waals surface area contributed by atoms with E-state index in [4.69, 9.17) is 0 Å². The van der Waals surface area contributed by atoms with Gasteiger partial charge in [0.15, 0.2) is 5.82 Å². The summed E-state index contributed by atoms with van der Waals surface area (Å²) < 4.78 is 0. The van der Waals surface area contributed by atoms with Crippen LogP contribution >= 0.6 is 0 Å². The van der Waals surface area contributed by atoms with Crippen LogP contribution in [0.25, 0.3) is 11.4 Å². The highest BCUT2D eigenvalue weighted by atomic mass is 14.9. The topological polar surface area (TPSA) is 25.8 Å². The van der Waals surface area contributed by atoms with Gasteiger partial charge in [-0.3, -0.25) is 0 Å². The maximum absolute atomic E-state index is 4.65. The van der Waals surface area contributed by atoms with Gasteiger partial charge in [0.25, 0.3) is 0 Å². The molecule has 0 spiro atoms. The van der Waals surface area contributed by atoms with Gasteiger partial charge in [0, 0.05) is 18.0 Å². The minimum atomic E-state index is 0.852. The van der Waals surface area contributed by atoms with E-state index in [9.17, 15) is 0 Å². The standard InChI is InChI=1S/C33H54N2/c1-3-5-7-9-11-12-13-14-15-16-17-19-21-23-31-28-34-33(35-29-31)32-26-24-30(25-27-32)22-20-18-10-8-6-4-2/h24-29H,3-23H2,1-2H3. The number of benzene rings is 1. The fourth-order valence-corrected chi connectivity index (χ4v) is 4.91. The third kappa shape index (κ3) is 14.5. The molecule has 0 fully saturated rings. The molecule has 196 valence electrons. The number of aryl methyl sites for hydroxylation is 2. The number of aromatic nitrogens is 2. The van der Waals surface area contributed by atoms with Crippen molar-refractivity contribution in [2.24, 2.45) is 0 Å². The van der Waals surface area contributed by atoms with Gasteiger partial charge in [-0.2, -0.15) is 0 Å². The van der Waals surface area contributed by atoms with Crippen molar-refractivity contribution in [1.29, 1.82) is 0 Å². The summed E-state index contributed by atoms with van der Waals surface area (Å²) in [6.45, 7) is 4.57. The molecule has 1 aromatic carbocycles. The van der Waals surface area contributed by atoms with Crippen molar-refractivity contribution in [1.82, 2.24) is 9.97 Å². The molecule has 2 nitrogen and oxygen atoms in total. The van der Waals surface area contributed by atoms with Crippen molar-refractivity contribution >= 4 is 0 Å². The Morgan fingerprint density at radius 3 is 1.23 bits per heavy atom. The maximum Gasteiger partial charge on any atom is 0.159 e. The van der Waals surface area contributed by atoms with Gasteiger partial charge in [0.2, 0.25) is 0 Å². The van der Waals surface area contributed by atoms with Crippen molar-refractivity contribution in [3.63, 3.8) is 0 Å². The number of unbranched alkanes of at least 4 members (excludes halogenated alkanes) is 17. The van der Waals surface area contributed by atoms with Crippen LogP contribution < -0.4 is 0 Å². The van der Waals surface area contributed by atoms with E-state index in [1.54, 1.807) is 0 Å². The molecular formula is C33H54N2. The van der Waals surface area contributed by atoms with E-state index in [1.165, 1.54) is 140 Å². The molecule has 0 radical (unpaired) electrons. The lowest BCUT2D eigenvalue weighted by molar-refractivity contribution is 0.539. The Bertz CT molecular complexity index is 720. The first-order valence-corrected chi connectivity index (χ1v) is 15.2. The van der Waals surface area contributed by atoms with Crippen LogP contribution in [-0.4, -0.2) is 9.97 Å². The van der Waals surface area contributed by atoms with Gasteiger partial charge < -0.3 is 0 Å². The van der Waals surface area contributed by atoms with Gasteiger partial charge in [-0.1, -0.05) is 147 Å². The summed E-state index contributed by atoms with van der Waals surface area (Å²) >= 11 is 0. The monoisotopic (exact) mass is 478 g/mol. The fourth-order valence-electron chi connectivity index (χ4n) is 4.91. The van der Waals surface area contributed by atoms with Crippen molar-refractivity contribution in [2.75, 3.05) is 0 Å². The van der Waals surface area contributed by atoms with Crippen LogP contribution in [-0.2, 0) is 12.8 Å². The molecule has 0 aliphatic carbocycles. The molecule has 0 atom stereocenters. The molecule has 1 heterocycles. The fraction of sp³-hybridized carbons (Fsp3) is 0.697. The molecule has 0 bridgehead atoms. The molecule has 0 aliphatic rings. The predicted molar refractivity (Wildman–Crippen MR) is 154 cm³/mol. The maximum atomic E-state index is 4.65. The van der Waals surface area contributed by atoms with Crippen LogP contribution in [0, 0.1) is 0 Å². The van der Waals surface area contributed by atoms with Crippen LogP contribution in [0.2, 0.25) is 0 Å². The SMILES string of the molecule is CCCCCCCCCCCCCCCc1cnc(-c2ccc(CCCCCCCC)cc2)nc1. The number of hydrogen-bond donors (Lipinski definition) is 0. The molecule has 0 aliphatic heterocycles. The lowest BCUT2D eigenvalue weighted by atomic mass is 10.0. The molecule has 0 unspecified atom stereocenters. The molecule has 2 heteroatoms. The highest BCUT2D eigenvalue weighted by Crippen LogP contribution is 2.18. The van der Waals surface area contributed by atoms with Gasteiger partial charge in [0.1, 0.15) is 0 Å². The van der Waals surface area contributed by atoms with E-state index in [2.05, 4.69) is 48.1 Å². The van der Waals surface area contributed by atoms with Crippen LogP contribution in [0.3, 0.4) is 0 Å². The molecule has 2 rings (SSSR count). The summed E-state index contributed by atoms with van der Waals surface area (Å²) in [5.74, 6) is 0.852. The highest BCUT2D eigenvalue weighted by Gasteiger charge is 2.03. The quantitative estimate of drug-likeness (QED) is 0.157. The minimum Gasteiger partial charge on any atom is -0.236 e. The smallest absolute Gasteiger partial charge is 0.159 e. The predicted octanol–water partition coefficient (Wildman–Crippen LogP) is 10.7. The molecule has 0 saturated carbocycles. The van der Waals surface area contributed by atoms with E-state index in [-0.39, 0.29) is 0 Å². The number of hydrogen-bond acceptors (Lipinski definition) is 2. The van der Waals surface area contributed by atoms with E-state index in [1.807, 2.05) is 12.4 Å². The average Bonchev–Trinajstić information content (AvgIpc) is 2.89. The summed E-state index contributed by atoms with van der Waals surface area (Å²) in [4.78, 5) is 9.30. The molecule has 2 aromatic rings. The summed E-state index contributed by atoms with van der Waals surface area (Å²) in [5.41, 5.74) is 3.84. The molecular weight excluding hydrogens is 424 g/mol. The molecule has 1 aromatic heterocycles. The van der Waals surface area contributed by atoms with Crippen LogP contribution in [0.5, 0.6) is 0 Å². The van der Waals surface area contributed by atoms with Crippen molar-refractivity contribution in [3.05, 3.63) is 47.8 Å². The highest BCUT2D eigenvalue weighted by molar-refractivity contribution is 5.55. The van der Waals surface area contributed by atoms with Crippen molar-refractivity contribution in [3.8, 4) is 11.4 Å². The third-order valence-electron chi connectivity index (χ3n) is 7.31. The zero-order chi connectivity index (χ0) is 24.8. The van der Waals surface area contributed by atoms with Crippen LogP contribution in [0.4, 0.5) is 0 Å². The van der Waals surface area contributed by atoms with Crippen molar-refractivity contribution < 1.29 is 0 Å². The molecule has 0 saturated heterocycles. The molecule has 0 N–H and O–H groups in total. The molecule has 35 heavy (non-hydrogen) atoms. The molecule has 0 amide bonds. The lowest BCUT2D eigenvalue weighted by Gasteiger charge is -2.06. The summed E-state index contributed by atoms with van der Waals surface area (Å²) in [6.07, 6.45) is 32.7.